The second kappa shape index (κ2) is 5.03. The van der Waals surface area contributed by atoms with Gasteiger partial charge in [-0.25, -0.2) is 0 Å². The molecular formula is C10H11ClF3NO. The van der Waals surface area contributed by atoms with E-state index in [1.54, 1.807) is 12.1 Å². The highest BCUT2D eigenvalue weighted by Crippen LogP contribution is 2.27. The number of hydrogen-bond acceptors (Lipinski definition) is 2. The third kappa shape index (κ3) is 3.66. The van der Waals surface area contributed by atoms with Crippen LogP contribution in [0.5, 0.6) is 0 Å². The van der Waals surface area contributed by atoms with Crippen LogP contribution in [0.3, 0.4) is 0 Å². The third-order valence-corrected chi connectivity index (χ3v) is 2.37. The Kier molecular flexibility index (Phi) is 4.18. The van der Waals surface area contributed by atoms with Crippen molar-refractivity contribution in [3.05, 3.63) is 34.9 Å². The van der Waals surface area contributed by atoms with Crippen LogP contribution >= 0.6 is 11.6 Å². The Morgan fingerprint density at radius 3 is 2.50 bits per heavy atom. The quantitative estimate of drug-likeness (QED) is 0.870. The maximum atomic E-state index is 12.1. The highest BCUT2D eigenvalue weighted by atomic mass is 35.5. The predicted molar refractivity (Wildman–Crippen MR) is 55.1 cm³/mol. The summed E-state index contributed by atoms with van der Waals surface area (Å²) < 4.78 is 36.4. The molecule has 1 aromatic carbocycles. The van der Waals surface area contributed by atoms with E-state index in [0.29, 0.717) is 10.6 Å². The molecule has 1 rings (SSSR count). The highest BCUT2D eigenvalue weighted by molar-refractivity contribution is 6.30. The van der Waals surface area contributed by atoms with Gasteiger partial charge in [-0.2, -0.15) is 13.2 Å². The Morgan fingerprint density at radius 2 is 2.00 bits per heavy atom. The first-order chi connectivity index (χ1) is 7.30. The Hall–Kier alpha value is -0.780. The summed E-state index contributed by atoms with van der Waals surface area (Å²) in [6.07, 6.45) is -6.35. The number of alkyl halides is 3. The molecule has 0 spiro atoms. The summed E-state index contributed by atoms with van der Waals surface area (Å²) in [5.41, 5.74) is 5.24. The Balaban J connectivity index is 2.69. The molecule has 6 heteroatoms. The Bertz CT molecular complexity index is 356. The lowest BCUT2D eigenvalue weighted by Crippen LogP contribution is -2.38. The first kappa shape index (κ1) is 13.3. The summed E-state index contributed by atoms with van der Waals surface area (Å²) in [5, 5.41) is 9.90. The van der Waals surface area contributed by atoms with E-state index in [4.69, 9.17) is 17.3 Å². The predicted octanol–water partition coefficient (Wildman–Crippen LogP) is 2.65. The zero-order valence-corrected chi connectivity index (χ0v) is 8.96. The molecule has 0 bridgehead atoms. The highest BCUT2D eigenvalue weighted by Gasteiger charge is 2.37. The average Bonchev–Trinajstić information content (AvgIpc) is 2.16. The zero-order valence-electron chi connectivity index (χ0n) is 8.21. The second-order valence-electron chi connectivity index (χ2n) is 3.45. The van der Waals surface area contributed by atoms with Crippen LogP contribution in [-0.2, 0) is 0 Å². The molecule has 0 fully saturated rings. The number of halogens is 4. The monoisotopic (exact) mass is 253 g/mol. The Labute approximate surface area is 95.8 Å². The molecule has 1 aromatic rings. The van der Waals surface area contributed by atoms with Gasteiger partial charge in [0.15, 0.2) is 0 Å². The lowest BCUT2D eigenvalue weighted by atomic mass is 10.0. The van der Waals surface area contributed by atoms with Gasteiger partial charge in [0.1, 0.15) is 6.04 Å². The second-order valence-corrected chi connectivity index (χ2v) is 3.89. The van der Waals surface area contributed by atoms with Crippen molar-refractivity contribution in [2.75, 3.05) is 0 Å². The molecule has 3 N–H and O–H groups in total. The first-order valence-corrected chi connectivity index (χ1v) is 4.94. The molecule has 0 aliphatic rings. The third-order valence-electron chi connectivity index (χ3n) is 2.13. The van der Waals surface area contributed by atoms with E-state index in [2.05, 4.69) is 0 Å². The van der Waals surface area contributed by atoms with Crippen LogP contribution < -0.4 is 5.73 Å². The summed E-state index contributed by atoms with van der Waals surface area (Å²) in [6.45, 7) is 0. The summed E-state index contributed by atoms with van der Waals surface area (Å²) in [7, 11) is 0. The van der Waals surface area contributed by atoms with Crippen molar-refractivity contribution in [2.24, 2.45) is 5.73 Å². The number of benzene rings is 1. The SMILES string of the molecule is N[C@H](C[C@@H](O)c1cccc(Cl)c1)C(F)(F)F. The molecule has 0 radical (unpaired) electrons. The van der Waals surface area contributed by atoms with Crippen molar-refractivity contribution < 1.29 is 18.3 Å². The van der Waals surface area contributed by atoms with Crippen LogP contribution in [0.4, 0.5) is 13.2 Å². The minimum Gasteiger partial charge on any atom is -0.388 e. The molecule has 90 valence electrons. The van der Waals surface area contributed by atoms with Gasteiger partial charge in [0, 0.05) is 11.4 Å². The maximum Gasteiger partial charge on any atom is 0.403 e. The molecule has 0 aliphatic heterocycles. The van der Waals surface area contributed by atoms with E-state index in [1.807, 2.05) is 0 Å². The van der Waals surface area contributed by atoms with Crippen LogP contribution in [0.25, 0.3) is 0 Å². The topological polar surface area (TPSA) is 46.2 Å². The summed E-state index contributed by atoms with van der Waals surface area (Å²) in [4.78, 5) is 0. The summed E-state index contributed by atoms with van der Waals surface area (Å²) in [5.74, 6) is 0. The van der Waals surface area contributed by atoms with Crippen molar-refractivity contribution in [2.45, 2.75) is 24.7 Å². The van der Waals surface area contributed by atoms with Crippen LogP contribution in [0.15, 0.2) is 24.3 Å². The standard InChI is InChI=1S/C10H11ClF3NO/c11-7-3-1-2-6(4-7)8(16)5-9(15)10(12,13)14/h1-4,8-9,16H,5,15H2/t8-,9-/m1/s1. The molecule has 2 nitrogen and oxygen atoms in total. The molecule has 0 unspecified atom stereocenters. The van der Waals surface area contributed by atoms with E-state index in [0.717, 1.165) is 0 Å². The number of aliphatic hydroxyl groups is 1. The fourth-order valence-corrected chi connectivity index (χ4v) is 1.42. The minimum absolute atomic E-state index is 0.326. The largest absolute Gasteiger partial charge is 0.403 e. The van der Waals surface area contributed by atoms with E-state index in [9.17, 15) is 18.3 Å². The molecule has 0 amide bonds. The minimum atomic E-state index is -4.50. The number of aliphatic hydroxyl groups excluding tert-OH is 1. The van der Waals surface area contributed by atoms with Gasteiger partial charge in [-0.3, -0.25) is 0 Å². The van der Waals surface area contributed by atoms with Crippen LogP contribution in [0, 0.1) is 0 Å². The van der Waals surface area contributed by atoms with Crippen molar-refractivity contribution in [3.63, 3.8) is 0 Å². The fraction of sp³-hybridized carbons (Fsp3) is 0.400. The van der Waals surface area contributed by atoms with Crippen molar-refractivity contribution in [1.29, 1.82) is 0 Å². The van der Waals surface area contributed by atoms with Crippen LogP contribution in [0.1, 0.15) is 18.1 Å². The summed E-state index contributed by atoms with van der Waals surface area (Å²) >= 11 is 5.65. The van der Waals surface area contributed by atoms with Gasteiger partial charge in [0.05, 0.1) is 6.10 Å². The summed E-state index contributed by atoms with van der Waals surface area (Å²) in [6, 6.07) is 4.00. The normalized spacial score (nSPS) is 15.9. The molecule has 0 aromatic heterocycles. The fourth-order valence-electron chi connectivity index (χ4n) is 1.22. The molecule has 0 saturated carbocycles. The Morgan fingerprint density at radius 1 is 1.38 bits per heavy atom. The van der Waals surface area contributed by atoms with Crippen molar-refractivity contribution in [1.82, 2.24) is 0 Å². The molecule has 16 heavy (non-hydrogen) atoms. The molecule has 2 atom stereocenters. The smallest absolute Gasteiger partial charge is 0.388 e. The van der Waals surface area contributed by atoms with Crippen LogP contribution in [0.2, 0.25) is 5.02 Å². The van der Waals surface area contributed by atoms with E-state index >= 15 is 0 Å². The van der Waals surface area contributed by atoms with Gasteiger partial charge < -0.3 is 10.8 Å². The molecule has 0 heterocycles. The lowest BCUT2D eigenvalue weighted by Gasteiger charge is -2.19. The van der Waals surface area contributed by atoms with Crippen molar-refractivity contribution >= 4 is 11.6 Å². The van der Waals surface area contributed by atoms with E-state index < -0.39 is 24.7 Å². The van der Waals surface area contributed by atoms with E-state index in [-0.39, 0.29) is 0 Å². The molecule has 0 saturated heterocycles. The first-order valence-electron chi connectivity index (χ1n) is 4.56. The average molecular weight is 254 g/mol. The van der Waals surface area contributed by atoms with Crippen LogP contribution in [-0.4, -0.2) is 17.3 Å². The van der Waals surface area contributed by atoms with Gasteiger partial charge in [-0.1, -0.05) is 23.7 Å². The van der Waals surface area contributed by atoms with Gasteiger partial charge in [-0.15, -0.1) is 0 Å². The van der Waals surface area contributed by atoms with Gasteiger partial charge in [0.2, 0.25) is 0 Å². The van der Waals surface area contributed by atoms with Crippen molar-refractivity contribution in [3.8, 4) is 0 Å². The molecule has 0 aliphatic carbocycles. The molecular weight excluding hydrogens is 243 g/mol. The number of rotatable bonds is 3. The van der Waals surface area contributed by atoms with E-state index in [1.165, 1.54) is 12.1 Å². The van der Waals surface area contributed by atoms with Gasteiger partial charge in [0.25, 0.3) is 0 Å². The number of nitrogens with two attached hydrogens (primary N) is 1. The number of hydrogen-bond donors (Lipinski definition) is 2. The van der Waals surface area contributed by atoms with Gasteiger partial charge in [-0.05, 0) is 17.7 Å². The lowest BCUT2D eigenvalue weighted by molar-refractivity contribution is -0.153. The zero-order chi connectivity index (χ0) is 12.3. The van der Waals surface area contributed by atoms with Gasteiger partial charge >= 0.3 is 6.18 Å². The maximum absolute atomic E-state index is 12.1.